The van der Waals surface area contributed by atoms with E-state index in [1.165, 1.54) is 5.56 Å². The summed E-state index contributed by atoms with van der Waals surface area (Å²) in [7, 11) is -1.41. The van der Waals surface area contributed by atoms with E-state index in [0.29, 0.717) is 36.1 Å². The second kappa shape index (κ2) is 15.0. The Hall–Kier alpha value is -3.50. The number of hydrogen-bond acceptors (Lipinski definition) is 7. The van der Waals surface area contributed by atoms with Gasteiger partial charge in [-0.05, 0) is 97.5 Å². The molecule has 0 atom stereocenters. The minimum absolute atomic E-state index is 0.121. The van der Waals surface area contributed by atoms with Crippen molar-refractivity contribution >= 4 is 27.5 Å². The third kappa shape index (κ3) is 8.35. The molecule has 5 rings (SSSR count). The van der Waals surface area contributed by atoms with E-state index in [0.717, 1.165) is 62.5 Å². The largest absolute Gasteiger partial charge is 0.491 e. The summed E-state index contributed by atoms with van der Waals surface area (Å²) in [5.41, 5.74) is 4.57. The highest BCUT2D eigenvalue weighted by Gasteiger charge is 2.25. The van der Waals surface area contributed by atoms with Crippen molar-refractivity contribution in [2.24, 2.45) is 0 Å². The van der Waals surface area contributed by atoms with Crippen LogP contribution in [0.15, 0.2) is 77.2 Å². The second-order valence-corrected chi connectivity index (χ2v) is 13.5. The van der Waals surface area contributed by atoms with Crippen LogP contribution in [0.4, 0.5) is 5.69 Å². The lowest BCUT2D eigenvalue weighted by Gasteiger charge is -2.31. The Morgan fingerprint density at radius 2 is 1.68 bits per heavy atom. The third-order valence-corrected chi connectivity index (χ3v) is 9.88. The monoisotopic (exact) mass is 618 g/mol. The Morgan fingerprint density at radius 1 is 0.955 bits per heavy atom. The maximum Gasteiger partial charge on any atom is 0.251 e. The van der Waals surface area contributed by atoms with Gasteiger partial charge in [0.2, 0.25) is 0 Å². The predicted molar refractivity (Wildman–Crippen MR) is 174 cm³/mol. The minimum Gasteiger partial charge on any atom is -0.491 e. The molecule has 3 aromatic rings. The van der Waals surface area contributed by atoms with E-state index in [2.05, 4.69) is 24.2 Å². The van der Waals surface area contributed by atoms with Crippen LogP contribution in [0, 0.1) is 0 Å². The average molecular weight is 619 g/mol. The summed E-state index contributed by atoms with van der Waals surface area (Å²) < 4.78 is 42.9. The maximum absolute atomic E-state index is 13.3. The number of carbonyl (C=O) groups is 1. The molecule has 3 aromatic carbocycles. The fourth-order valence-electron chi connectivity index (χ4n) is 5.57. The molecule has 0 spiro atoms. The third-order valence-electron chi connectivity index (χ3n) is 8.10. The quantitative estimate of drug-likeness (QED) is 0.250. The number of anilines is 1. The van der Waals surface area contributed by atoms with Crippen molar-refractivity contribution in [2.75, 3.05) is 51.2 Å². The van der Waals surface area contributed by atoms with Gasteiger partial charge in [-0.2, -0.15) is 0 Å². The van der Waals surface area contributed by atoms with Crippen molar-refractivity contribution in [2.45, 2.75) is 50.1 Å². The lowest BCUT2D eigenvalue weighted by atomic mass is 10.0. The molecular weight excluding hydrogens is 576 g/mol. The van der Waals surface area contributed by atoms with Gasteiger partial charge in [-0.3, -0.25) is 9.69 Å². The second-order valence-electron chi connectivity index (χ2n) is 11.4. The maximum atomic E-state index is 13.3. The number of fused-ring (bicyclic) bond motifs is 1. The van der Waals surface area contributed by atoms with E-state index in [4.69, 9.17) is 14.2 Å². The lowest BCUT2D eigenvalue weighted by molar-refractivity contribution is -0.112. The van der Waals surface area contributed by atoms with Gasteiger partial charge >= 0.3 is 0 Å². The van der Waals surface area contributed by atoms with Gasteiger partial charge in [-0.25, -0.2) is 8.42 Å². The number of ether oxygens (including phenoxy) is 3. The normalized spacial score (nSPS) is 16.6. The molecule has 234 valence electrons. The first-order valence-electron chi connectivity index (χ1n) is 15.4. The van der Waals surface area contributed by atoms with Crippen LogP contribution in [0.2, 0.25) is 0 Å². The number of hydrogen-bond donors (Lipinski definition) is 1. The van der Waals surface area contributed by atoms with Gasteiger partial charge in [0.05, 0.1) is 17.3 Å². The average Bonchev–Trinajstić information content (AvgIpc) is 3.17. The van der Waals surface area contributed by atoms with E-state index >= 15 is 0 Å². The molecule has 44 heavy (non-hydrogen) atoms. The van der Waals surface area contributed by atoms with Crippen molar-refractivity contribution in [1.82, 2.24) is 4.90 Å². The van der Waals surface area contributed by atoms with E-state index < -0.39 is 9.84 Å². The highest BCUT2D eigenvalue weighted by atomic mass is 32.2. The molecule has 0 unspecified atom stereocenters. The SMILES string of the molecule is CCCOCCOc1ccc(-c2ccc3c(c2)C=C(C(=O)Nc2ccc(CN(C)C4CCOCC4)cc2)CCS3(=O)=O)cc1. The van der Waals surface area contributed by atoms with Crippen LogP contribution in [0.3, 0.4) is 0 Å². The molecule has 8 nitrogen and oxygen atoms in total. The number of benzene rings is 3. The van der Waals surface area contributed by atoms with Gasteiger partial charge < -0.3 is 19.5 Å². The van der Waals surface area contributed by atoms with Crippen LogP contribution >= 0.6 is 0 Å². The molecule has 0 aliphatic carbocycles. The lowest BCUT2D eigenvalue weighted by Crippen LogP contribution is -2.36. The molecule has 0 aromatic heterocycles. The van der Waals surface area contributed by atoms with Crippen LogP contribution in [-0.4, -0.2) is 71.1 Å². The highest BCUT2D eigenvalue weighted by molar-refractivity contribution is 7.91. The van der Waals surface area contributed by atoms with Crippen molar-refractivity contribution in [1.29, 1.82) is 0 Å². The number of nitrogens with zero attached hydrogens (tertiary/aromatic N) is 1. The molecule has 2 aliphatic heterocycles. The summed E-state index contributed by atoms with van der Waals surface area (Å²) in [6, 6.07) is 21.3. The van der Waals surface area contributed by atoms with Gasteiger partial charge in [-0.15, -0.1) is 0 Å². The first-order valence-corrected chi connectivity index (χ1v) is 17.0. The predicted octanol–water partition coefficient (Wildman–Crippen LogP) is 5.97. The number of sulfone groups is 1. The number of amides is 1. The van der Waals surface area contributed by atoms with Crippen molar-refractivity contribution in [3.63, 3.8) is 0 Å². The van der Waals surface area contributed by atoms with Gasteiger partial charge in [-0.1, -0.05) is 37.3 Å². The molecule has 1 fully saturated rings. The fraction of sp³-hybridized carbons (Fsp3) is 0.400. The zero-order valence-corrected chi connectivity index (χ0v) is 26.4. The summed E-state index contributed by atoms with van der Waals surface area (Å²) in [5, 5.41) is 2.97. The van der Waals surface area contributed by atoms with Crippen LogP contribution < -0.4 is 10.1 Å². The summed E-state index contributed by atoms with van der Waals surface area (Å²) in [6.45, 7) is 6.24. The van der Waals surface area contributed by atoms with Crippen LogP contribution in [0.5, 0.6) is 5.75 Å². The summed E-state index contributed by atoms with van der Waals surface area (Å²) in [5.74, 6) is 0.323. The Morgan fingerprint density at radius 3 is 2.41 bits per heavy atom. The molecule has 0 radical (unpaired) electrons. The molecular formula is C35H42N2O6S. The fourth-order valence-corrected chi connectivity index (χ4v) is 7.03. The van der Waals surface area contributed by atoms with Crippen molar-refractivity contribution < 1.29 is 27.4 Å². The van der Waals surface area contributed by atoms with E-state index in [1.807, 2.05) is 60.7 Å². The smallest absolute Gasteiger partial charge is 0.251 e. The van der Waals surface area contributed by atoms with E-state index in [1.54, 1.807) is 12.1 Å². The Labute approximate surface area is 260 Å². The Bertz CT molecular complexity index is 1550. The van der Waals surface area contributed by atoms with Crippen molar-refractivity contribution in [3.05, 3.63) is 83.4 Å². The molecule has 2 aliphatic rings. The van der Waals surface area contributed by atoms with Gasteiger partial charge in [0.25, 0.3) is 5.91 Å². The molecule has 2 heterocycles. The molecule has 0 bridgehead atoms. The van der Waals surface area contributed by atoms with Gasteiger partial charge in [0.1, 0.15) is 12.4 Å². The molecule has 1 saturated heterocycles. The Balaban J connectivity index is 1.26. The van der Waals surface area contributed by atoms with Gasteiger partial charge in [0, 0.05) is 43.7 Å². The topological polar surface area (TPSA) is 94.2 Å². The van der Waals surface area contributed by atoms with Crippen LogP contribution in [0.25, 0.3) is 17.2 Å². The molecule has 9 heteroatoms. The highest BCUT2D eigenvalue weighted by Crippen LogP contribution is 2.32. The standard InChI is InChI=1S/C35H42N2O6S/c1-3-17-41-20-21-43-33-11-6-27(7-12-33)28-8-13-34-30(23-28)24-29(16-22-44(34,39)40)35(38)36-31-9-4-26(5-10-31)25-37(2)32-14-18-42-19-15-32/h4-13,23-24,32H,3,14-22,25H2,1-2H3,(H,36,38). The van der Waals surface area contributed by atoms with E-state index in [9.17, 15) is 13.2 Å². The summed E-state index contributed by atoms with van der Waals surface area (Å²) in [6.07, 6.45) is 4.90. The summed E-state index contributed by atoms with van der Waals surface area (Å²) >= 11 is 0. The van der Waals surface area contributed by atoms with Crippen LogP contribution in [-0.2, 0) is 30.7 Å². The molecule has 1 amide bonds. The number of rotatable bonds is 12. The summed E-state index contributed by atoms with van der Waals surface area (Å²) in [4.78, 5) is 15.9. The molecule has 1 N–H and O–H groups in total. The number of carbonyl (C=O) groups excluding carboxylic acids is 1. The minimum atomic E-state index is -3.54. The van der Waals surface area contributed by atoms with Crippen LogP contribution in [0.1, 0.15) is 43.7 Å². The zero-order valence-electron chi connectivity index (χ0n) is 25.6. The first-order chi connectivity index (χ1) is 21.3. The van der Waals surface area contributed by atoms with Gasteiger partial charge in [0.15, 0.2) is 9.84 Å². The molecule has 0 saturated carbocycles. The Kier molecular flexibility index (Phi) is 10.9. The van der Waals surface area contributed by atoms with E-state index in [-0.39, 0.29) is 23.0 Å². The first kappa shape index (κ1) is 31.9. The zero-order chi connectivity index (χ0) is 30.9. The number of nitrogens with one attached hydrogen (secondary N) is 1. The van der Waals surface area contributed by atoms with Crippen molar-refractivity contribution in [3.8, 4) is 16.9 Å².